The van der Waals surface area contributed by atoms with E-state index in [1.165, 1.54) is 23.4 Å². The summed E-state index contributed by atoms with van der Waals surface area (Å²) in [5.41, 5.74) is 1.47. The van der Waals surface area contributed by atoms with Crippen molar-refractivity contribution in [1.29, 1.82) is 0 Å². The summed E-state index contributed by atoms with van der Waals surface area (Å²) in [4.78, 5) is 23.3. The molecule has 5 nitrogen and oxygen atoms in total. The Labute approximate surface area is 209 Å². The van der Waals surface area contributed by atoms with Crippen LogP contribution < -0.4 is 4.74 Å². The lowest BCUT2D eigenvalue weighted by Crippen LogP contribution is -2.41. The first kappa shape index (κ1) is 26.6. The third-order valence-electron chi connectivity index (χ3n) is 6.76. The van der Waals surface area contributed by atoms with Crippen LogP contribution in [0.4, 0.5) is 0 Å². The first-order chi connectivity index (χ1) is 16.5. The Morgan fingerprint density at radius 2 is 1.57 bits per heavy atom. The summed E-state index contributed by atoms with van der Waals surface area (Å²) in [5.74, 6) is -0.890. The molecule has 0 aliphatic rings. The normalized spacial score (nSPS) is 12.9. The van der Waals surface area contributed by atoms with Gasteiger partial charge in [-0.1, -0.05) is 57.2 Å². The van der Waals surface area contributed by atoms with E-state index in [4.69, 9.17) is 9.16 Å². The van der Waals surface area contributed by atoms with Gasteiger partial charge in [0.2, 0.25) is 0 Å². The maximum atomic E-state index is 11.9. The summed E-state index contributed by atoms with van der Waals surface area (Å²) in [7, 11) is -0.790. The van der Waals surface area contributed by atoms with E-state index in [0.717, 1.165) is 12.8 Å². The molecule has 3 rings (SSSR count). The summed E-state index contributed by atoms with van der Waals surface area (Å²) in [6.07, 6.45) is 1.64. The van der Waals surface area contributed by atoms with E-state index in [9.17, 15) is 9.59 Å². The van der Waals surface area contributed by atoms with Gasteiger partial charge in [-0.3, -0.25) is 4.79 Å². The Kier molecular flexibility index (Phi) is 8.51. The number of Topliss-reactive ketones (excluding diaryl/α,β-unsaturated/α-hetero) is 1. The predicted octanol–water partition coefficient (Wildman–Crippen LogP) is 7.12. The van der Waals surface area contributed by atoms with Gasteiger partial charge in [0.1, 0.15) is 5.75 Å². The number of esters is 1. The van der Waals surface area contributed by atoms with Gasteiger partial charge in [0.05, 0.1) is 19.8 Å². The van der Waals surface area contributed by atoms with Gasteiger partial charge in [-0.25, -0.2) is 4.79 Å². The van der Waals surface area contributed by atoms with E-state index in [1.807, 2.05) is 0 Å². The van der Waals surface area contributed by atoms with Crippen molar-refractivity contribution in [3.63, 3.8) is 0 Å². The number of methoxy groups -OCH3 is 1. The zero-order valence-electron chi connectivity index (χ0n) is 21.6. The minimum atomic E-state index is -1.98. The number of ketones is 1. The fraction of sp³-hybridized carbons (Fsp3) is 0.379. The van der Waals surface area contributed by atoms with E-state index in [0.29, 0.717) is 12.4 Å². The van der Waals surface area contributed by atoms with Crippen molar-refractivity contribution in [2.75, 3.05) is 13.7 Å². The molecular formula is C29H36O5Si. The molecule has 1 unspecified atom stereocenters. The monoisotopic (exact) mass is 492 g/mol. The van der Waals surface area contributed by atoms with Crippen molar-refractivity contribution in [3.05, 3.63) is 77.9 Å². The molecule has 35 heavy (non-hydrogen) atoms. The average Bonchev–Trinajstić information content (AvgIpc) is 2.84. The molecule has 0 fully saturated rings. The Balaban J connectivity index is 1.67. The van der Waals surface area contributed by atoms with Gasteiger partial charge in [0.25, 0.3) is 5.78 Å². The van der Waals surface area contributed by atoms with Crippen LogP contribution in [0.2, 0.25) is 18.1 Å². The Morgan fingerprint density at radius 3 is 2.20 bits per heavy atom. The SMILES string of the molecule is COC(=O)C(=O)c1ccc(OCCCC(O[Si](C)(C)C(C)(C)C)c2ccc3ccccc3c2)cc1. The Morgan fingerprint density at radius 1 is 0.914 bits per heavy atom. The number of benzene rings is 3. The van der Waals surface area contributed by atoms with Crippen LogP contribution in [0.3, 0.4) is 0 Å². The fourth-order valence-corrected chi connectivity index (χ4v) is 4.92. The van der Waals surface area contributed by atoms with E-state index in [2.05, 4.69) is 81.1 Å². The van der Waals surface area contributed by atoms with Gasteiger partial charge in [-0.15, -0.1) is 0 Å². The molecule has 0 aromatic heterocycles. The van der Waals surface area contributed by atoms with E-state index < -0.39 is 20.1 Å². The highest BCUT2D eigenvalue weighted by molar-refractivity contribution is 6.74. The summed E-state index contributed by atoms with van der Waals surface area (Å²) < 4.78 is 17.3. The minimum absolute atomic E-state index is 0.0100. The molecule has 0 aliphatic heterocycles. The number of ether oxygens (including phenoxy) is 2. The second-order valence-corrected chi connectivity index (χ2v) is 15.1. The topological polar surface area (TPSA) is 61.8 Å². The lowest BCUT2D eigenvalue weighted by atomic mass is 10.0. The van der Waals surface area contributed by atoms with Gasteiger partial charge in [0.15, 0.2) is 8.32 Å². The molecule has 3 aromatic carbocycles. The smallest absolute Gasteiger partial charge is 0.379 e. The number of hydrogen-bond donors (Lipinski definition) is 0. The van der Waals surface area contributed by atoms with Crippen LogP contribution in [0.1, 0.15) is 55.6 Å². The number of carbonyl (C=O) groups is 2. The van der Waals surface area contributed by atoms with E-state index >= 15 is 0 Å². The molecule has 186 valence electrons. The highest BCUT2D eigenvalue weighted by Gasteiger charge is 2.39. The van der Waals surface area contributed by atoms with Crippen LogP contribution in [0, 0.1) is 0 Å². The van der Waals surface area contributed by atoms with Gasteiger partial charge in [0, 0.05) is 5.56 Å². The first-order valence-corrected chi connectivity index (χ1v) is 14.9. The van der Waals surface area contributed by atoms with Crippen LogP contribution in [0.5, 0.6) is 5.75 Å². The third kappa shape index (κ3) is 6.80. The number of hydrogen-bond acceptors (Lipinski definition) is 5. The summed E-state index contributed by atoms with van der Waals surface area (Å²) >= 11 is 0. The highest BCUT2D eigenvalue weighted by Crippen LogP contribution is 2.41. The van der Waals surface area contributed by atoms with Crippen LogP contribution in [-0.2, 0) is 14.0 Å². The molecule has 0 saturated carbocycles. The van der Waals surface area contributed by atoms with Gasteiger partial charge in [-0.2, -0.15) is 0 Å². The van der Waals surface area contributed by atoms with Gasteiger partial charge in [-0.05, 0) is 77.6 Å². The fourth-order valence-electron chi connectivity index (χ4n) is 3.61. The molecule has 0 radical (unpaired) electrons. The van der Waals surface area contributed by atoms with Gasteiger partial charge < -0.3 is 13.9 Å². The number of rotatable bonds is 10. The minimum Gasteiger partial charge on any atom is -0.494 e. The lowest BCUT2D eigenvalue weighted by molar-refractivity contribution is -0.135. The summed E-state index contributed by atoms with van der Waals surface area (Å²) in [6, 6.07) is 21.5. The number of fused-ring (bicyclic) bond motifs is 1. The Hall–Kier alpha value is -2.96. The Bertz CT molecular complexity index is 1160. The molecular weight excluding hydrogens is 456 g/mol. The average molecular weight is 493 g/mol. The maximum Gasteiger partial charge on any atom is 0.379 e. The van der Waals surface area contributed by atoms with Crippen molar-refractivity contribution in [2.24, 2.45) is 0 Å². The number of carbonyl (C=O) groups excluding carboxylic acids is 2. The zero-order valence-corrected chi connectivity index (χ0v) is 22.6. The second-order valence-electron chi connectivity index (χ2n) is 10.3. The highest BCUT2D eigenvalue weighted by atomic mass is 28.4. The molecule has 6 heteroatoms. The lowest BCUT2D eigenvalue weighted by Gasteiger charge is -2.39. The summed E-state index contributed by atoms with van der Waals surface area (Å²) in [5, 5.41) is 2.55. The van der Waals surface area contributed by atoms with Crippen molar-refractivity contribution in [2.45, 2.75) is 57.8 Å². The van der Waals surface area contributed by atoms with Crippen LogP contribution in [-0.4, -0.2) is 33.8 Å². The van der Waals surface area contributed by atoms with E-state index in [-0.39, 0.29) is 16.7 Å². The van der Waals surface area contributed by atoms with Crippen molar-refractivity contribution >= 4 is 30.8 Å². The van der Waals surface area contributed by atoms with Crippen molar-refractivity contribution in [1.82, 2.24) is 0 Å². The van der Waals surface area contributed by atoms with Gasteiger partial charge >= 0.3 is 5.97 Å². The molecule has 0 aliphatic carbocycles. The molecule has 0 bridgehead atoms. The maximum absolute atomic E-state index is 11.9. The zero-order chi connectivity index (χ0) is 25.6. The molecule has 0 amide bonds. The summed E-state index contributed by atoms with van der Waals surface area (Å²) in [6.45, 7) is 11.9. The van der Waals surface area contributed by atoms with E-state index in [1.54, 1.807) is 24.3 Å². The molecule has 0 heterocycles. The van der Waals surface area contributed by atoms with Crippen molar-refractivity contribution in [3.8, 4) is 5.75 Å². The standard InChI is InChI=1S/C29H36O5Si/c1-29(2,3)35(5,6)34-26(24-14-13-21-10-7-8-11-23(21)20-24)12-9-19-33-25-17-15-22(16-18-25)27(30)28(31)32-4/h7-8,10-11,13-18,20,26H,9,12,19H2,1-6H3. The second kappa shape index (κ2) is 11.2. The largest absolute Gasteiger partial charge is 0.494 e. The predicted molar refractivity (Wildman–Crippen MR) is 142 cm³/mol. The molecule has 3 aromatic rings. The van der Waals surface area contributed by atoms with Crippen LogP contribution >= 0.6 is 0 Å². The third-order valence-corrected chi connectivity index (χ3v) is 11.2. The van der Waals surface area contributed by atoms with Crippen LogP contribution in [0.15, 0.2) is 66.7 Å². The van der Waals surface area contributed by atoms with Crippen LogP contribution in [0.25, 0.3) is 10.8 Å². The first-order valence-electron chi connectivity index (χ1n) is 12.0. The molecule has 0 N–H and O–H groups in total. The molecule has 0 spiro atoms. The quantitative estimate of drug-likeness (QED) is 0.0991. The molecule has 1 atom stereocenters. The molecule has 0 saturated heterocycles. The van der Waals surface area contributed by atoms with Crippen molar-refractivity contribution < 1.29 is 23.5 Å².